The lowest BCUT2D eigenvalue weighted by Gasteiger charge is -2.13. The number of alkyl halides is 3. The second-order valence-corrected chi connectivity index (χ2v) is 7.15. The summed E-state index contributed by atoms with van der Waals surface area (Å²) in [7, 11) is -3.48. The van der Waals surface area contributed by atoms with Gasteiger partial charge in [0.25, 0.3) is 5.91 Å². The van der Waals surface area contributed by atoms with Crippen molar-refractivity contribution in [1.29, 1.82) is 0 Å². The fraction of sp³-hybridized carbons (Fsp3) is 0.188. The molecule has 0 aromatic heterocycles. The summed E-state index contributed by atoms with van der Waals surface area (Å²) in [5.41, 5.74) is 0.213. The van der Waals surface area contributed by atoms with E-state index in [1.165, 1.54) is 42.5 Å². The van der Waals surface area contributed by atoms with Gasteiger partial charge in [-0.05, 0) is 24.3 Å². The molecule has 0 saturated heterocycles. The predicted octanol–water partition coefficient (Wildman–Crippen LogP) is 2.92. The number of para-hydroxylation sites is 1. The Bertz CT molecular complexity index is 879. The molecule has 0 heterocycles. The molecule has 0 atom stereocenters. The molecular weight excluding hydrogens is 359 g/mol. The number of amides is 1. The number of carbonyl (C=O) groups excluding carboxylic acids is 1. The van der Waals surface area contributed by atoms with Gasteiger partial charge in [0.05, 0.1) is 4.90 Å². The molecule has 5 nitrogen and oxygen atoms in total. The predicted molar refractivity (Wildman–Crippen MR) is 83.8 cm³/mol. The minimum Gasteiger partial charge on any atom is -0.405 e. The van der Waals surface area contributed by atoms with Crippen molar-refractivity contribution < 1.29 is 31.1 Å². The average Bonchev–Trinajstić information content (AvgIpc) is 2.51. The smallest absolute Gasteiger partial charge is 0.405 e. The van der Waals surface area contributed by atoms with Crippen LogP contribution >= 0.6 is 0 Å². The van der Waals surface area contributed by atoms with Crippen LogP contribution in [0.4, 0.5) is 13.2 Å². The lowest BCUT2D eigenvalue weighted by atomic mass is 10.1. The number of hydrogen-bond acceptors (Lipinski definition) is 4. The van der Waals surface area contributed by atoms with Crippen molar-refractivity contribution in [2.75, 3.05) is 6.26 Å². The highest BCUT2D eigenvalue weighted by molar-refractivity contribution is 7.90. The highest BCUT2D eigenvalue weighted by atomic mass is 32.2. The molecule has 2 aromatic rings. The van der Waals surface area contributed by atoms with Gasteiger partial charge < -0.3 is 10.1 Å². The summed E-state index contributed by atoms with van der Waals surface area (Å²) in [6, 6.07) is 10.8. The fourth-order valence-corrected chi connectivity index (χ4v) is 2.69. The Morgan fingerprint density at radius 2 is 1.80 bits per heavy atom. The second-order valence-electron chi connectivity index (χ2n) is 5.14. The van der Waals surface area contributed by atoms with E-state index in [1.54, 1.807) is 0 Å². The summed E-state index contributed by atoms with van der Waals surface area (Å²) in [5, 5.41) is 2.44. The van der Waals surface area contributed by atoms with Gasteiger partial charge in [-0.1, -0.05) is 24.3 Å². The third kappa shape index (κ3) is 5.49. The number of halogens is 3. The van der Waals surface area contributed by atoms with Crippen LogP contribution in [0.2, 0.25) is 0 Å². The standard InChI is InChI=1S/C16H14F3NO4S/c1-25(22,23)13-7-4-6-11(9-13)15(21)20-10-12-5-2-3-8-14(12)24-16(17,18)19/h2-9H,10H2,1H3,(H,20,21). The number of hydrogen-bond donors (Lipinski definition) is 1. The molecule has 0 aliphatic heterocycles. The third-order valence-corrected chi connectivity index (χ3v) is 4.27. The molecule has 0 radical (unpaired) electrons. The van der Waals surface area contributed by atoms with E-state index in [2.05, 4.69) is 10.1 Å². The Morgan fingerprint density at radius 1 is 1.12 bits per heavy atom. The quantitative estimate of drug-likeness (QED) is 0.875. The van der Waals surface area contributed by atoms with Gasteiger partial charge in [0.15, 0.2) is 9.84 Å². The van der Waals surface area contributed by atoms with Gasteiger partial charge in [0.1, 0.15) is 5.75 Å². The maximum Gasteiger partial charge on any atom is 0.573 e. The largest absolute Gasteiger partial charge is 0.573 e. The molecular formula is C16H14F3NO4S. The first-order chi connectivity index (χ1) is 11.6. The summed E-state index contributed by atoms with van der Waals surface area (Å²) in [6.45, 7) is -0.214. The number of nitrogens with one attached hydrogen (secondary N) is 1. The molecule has 0 saturated carbocycles. The zero-order valence-electron chi connectivity index (χ0n) is 13.0. The summed E-state index contributed by atoms with van der Waals surface area (Å²) in [5.74, 6) is -1.03. The van der Waals surface area contributed by atoms with Crippen LogP contribution in [0.25, 0.3) is 0 Å². The van der Waals surface area contributed by atoms with E-state index in [1.807, 2.05) is 0 Å². The Balaban J connectivity index is 2.14. The van der Waals surface area contributed by atoms with Gasteiger partial charge in [-0.3, -0.25) is 4.79 Å². The zero-order valence-corrected chi connectivity index (χ0v) is 13.8. The average molecular weight is 373 g/mol. The highest BCUT2D eigenvalue weighted by Gasteiger charge is 2.32. The normalized spacial score (nSPS) is 11.8. The van der Waals surface area contributed by atoms with E-state index < -0.39 is 27.9 Å². The number of benzene rings is 2. The first kappa shape index (κ1) is 18.8. The molecule has 25 heavy (non-hydrogen) atoms. The molecule has 1 N–H and O–H groups in total. The third-order valence-electron chi connectivity index (χ3n) is 3.16. The van der Waals surface area contributed by atoms with E-state index in [0.717, 1.165) is 12.3 Å². The van der Waals surface area contributed by atoms with Crippen LogP contribution in [-0.4, -0.2) is 26.9 Å². The van der Waals surface area contributed by atoms with Gasteiger partial charge >= 0.3 is 6.36 Å². The Labute approximate surface area is 142 Å². The van der Waals surface area contributed by atoms with Crippen LogP contribution in [0.5, 0.6) is 5.75 Å². The molecule has 0 aliphatic rings. The van der Waals surface area contributed by atoms with Crippen LogP contribution < -0.4 is 10.1 Å². The van der Waals surface area contributed by atoms with E-state index >= 15 is 0 Å². The first-order valence-corrected chi connectivity index (χ1v) is 8.87. The minimum absolute atomic E-state index is 0.0269. The number of ether oxygens (including phenoxy) is 1. The van der Waals surface area contributed by atoms with E-state index in [4.69, 9.17) is 0 Å². The minimum atomic E-state index is -4.84. The molecule has 0 unspecified atom stereocenters. The van der Waals surface area contributed by atoms with Crippen LogP contribution in [-0.2, 0) is 16.4 Å². The van der Waals surface area contributed by atoms with Crippen LogP contribution in [0.1, 0.15) is 15.9 Å². The van der Waals surface area contributed by atoms with Crippen molar-refractivity contribution in [2.24, 2.45) is 0 Å². The topological polar surface area (TPSA) is 72.5 Å². The van der Waals surface area contributed by atoms with Crippen molar-refractivity contribution in [3.05, 3.63) is 59.7 Å². The molecule has 1 amide bonds. The van der Waals surface area contributed by atoms with Gasteiger partial charge in [0, 0.05) is 23.9 Å². The summed E-state index contributed by atoms with van der Waals surface area (Å²) < 4.78 is 64.0. The van der Waals surface area contributed by atoms with Gasteiger partial charge in [-0.15, -0.1) is 13.2 Å². The Kier molecular flexibility index (Phi) is 5.36. The zero-order chi connectivity index (χ0) is 18.7. The second kappa shape index (κ2) is 7.14. The van der Waals surface area contributed by atoms with Gasteiger partial charge in [0.2, 0.25) is 0 Å². The molecule has 9 heteroatoms. The molecule has 2 aromatic carbocycles. The van der Waals surface area contributed by atoms with Crippen LogP contribution in [0, 0.1) is 0 Å². The molecule has 0 bridgehead atoms. The number of carbonyl (C=O) groups is 1. The van der Waals surface area contributed by atoms with Crippen molar-refractivity contribution in [3.8, 4) is 5.75 Å². The lowest BCUT2D eigenvalue weighted by Crippen LogP contribution is -2.24. The maximum atomic E-state index is 12.4. The van der Waals surface area contributed by atoms with Crippen LogP contribution in [0.15, 0.2) is 53.4 Å². The van der Waals surface area contributed by atoms with E-state index in [-0.39, 0.29) is 22.6 Å². The van der Waals surface area contributed by atoms with Gasteiger partial charge in [-0.25, -0.2) is 8.42 Å². The van der Waals surface area contributed by atoms with Gasteiger partial charge in [-0.2, -0.15) is 0 Å². The number of sulfone groups is 1. The molecule has 0 spiro atoms. The van der Waals surface area contributed by atoms with Crippen molar-refractivity contribution >= 4 is 15.7 Å². The highest BCUT2D eigenvalue weighted by Crippen LogP contribution is 2.26. The summed E-state index contributed by atoms with van der Waals surface area (Å²) >= 11 is 0. The molecule has 0 fully saturated rings. The maximum absolute atomic E-state index is 12.4. The van der Waals surface area contributed by atoms with E-state index in [9.17, 15) is 26.4 Å². The van der Waals surface area contributed by atoms with E-state index in [0.29, 0.717) is 0 Å². The van der Waals surface area contributed by atoms with Crippen molar-refractivity contribution in [3.63, 3.8) is 0 Å². The monoisotopic (exact) mass is 373 g/mol. The SMILES string of the molecule is CS(=O)(=O)c1cccc(C(=O)NCc2ccccc2OC(F)(F)F)c1. The first-order valence-electron chi connectivity index (χ1n) is 6.98. The Morgan fingerprint density at radius 3 is 2.44 bits per heavy atom. The van der Waals surface area contributed by atoms with Crippen LogP contribution in [0.3, 0.4) is 0 Å². The van der Waals surface area contributed by atoms with Crippen molar-refractivity contribution in [2.45, 2.75) is 17.8 Å². The Hall–Kier alpha value is -2.55. The lowest BCUT2D eigenvalue weighted by molar-refractivity contribution is -0.274. The number of rotatable bonds is 5. The fourth-order valence-electron chi connectivity index (χ4n) is 2.02. The molecule has 0 aliphatic carbocycles. The van der Waals surface area contributed by atoms with Crippen molar-refractivity contribution in [1.82, 2.24) is 5.32 Å². The summed E-state index contributed by atoms with van der Waals surface area (Å²) in [4.78, 5) is 12.1. The molecule has 134 valence electrons. The molecule has 2 rings (SSSR count). The summed E-state index contributed by atoms with van der Waals surface area (Å²) in [6.07, 6.45) is -3.83.